The number of fused-ring (bicyclic) bond motifs is 5. The Balaban J connectivity index is 1.78. The van der Waals surface area contributed by atoms with Crippen LogP contribution in [0.3, 0.4) is 0 Å². The van der Waals surface area contributed by atoms with E-state index in [-0.39, 0.29) is 48.2 Å². The SMILES string of the molecule is CS(=O)(=O)CCN1C(=O)[C@@H]2[C@H](C1=O)[C@H]1CC[C@@H]2O1. The van der Waals surface area contributed by atoms with Crippen molar-refractivity contribution in [3.05, 3.63) is 0 Å². The molecule has 0 unspecified atom stereocenters. The third-order valence-electron chi connectivity index (χ3n) is 4.06. The Morgan fingerprint density at radius 3 is 2.11 bits per heavy atom. The number of hydrogen-bond donors (Lipinski definition) is 0. The van der Waals surface area contributed by atoms with Gasteiger partial charge in [-0.2, -0.15) is 0 Å². The number of likely N-dealkylation sites (tertiary alicyclic amines) is 1. The minimum absolute atomic E-state index is 0.0249. The fourth-order valence-electron chi connectivity index (χ4n) is 3.25. The van der Waals surface area contributed by atoms with Gasteiger partial charge in [0.2, 0.25) is 11.8 Å². The quantitative estimate of drug-likeness (QED) is 0.628. The molecule has 2 bridgehead atoms. The van der Waals surface area contributed by atoms with Crippen molar-refractivity contribution in [1.82, 2.24) is 4.90 Å². The van der Waals surface area contributed by atoms with Gasteiger partial charge in [-0.05, 0) is 12.8 Å². The van der Waals surface area contributed by atoms with Crippen molar-refractivity contribution in [3.63, 3.8) is 0 Å². The van der Waals surface area contributed by atoms with Gasteiger partial charge in [0.15, 0.2) is 0 Å². The Morgan fingerprint density at radius 2 is 1.67 bits per heavy atom. The molecule has 4 atom stereocenters. The van der Waals surface area contributed by atoms with E-state index in [4.69, 9.17) is 4.74 Å². The number of ether oxygens (including phenoxy) is 1. The summed E-state index contributed by atoms with van der Waals surface area (Å²) >= 11 is 0. The molecule has 18 heavy (non-hydrogen) atoms. The van der Waals surface area contributed by atoms with E-state index in [0.717, 1.165) is 24.0 Å². The summed E-state index contributed by atoms with van der Waals surface area (Å²) in [6.45, 7) is -0.0249. The molecule has 0 aliphatic carbocycles. The van der Waals surface area contributed by atoms with Crippen LogP contribution in [0.5, 0.6) is 0 Å². The number of carbonyl (C=O) groups excluding carboxylic acids is 2. The van der Waals surface area contributed by atoms with Gasteiger partial charge in [-0.15, -0.1) is 0 Å². The lowest BCUT2D eigenvalue weighted by molar-refractivity contribution is -0.142. The van der Waals surface area contributed by atoms with Crippen molar-refractivity contribution in [3.8, 4) is 0 Å². The fourth-order valence-corrected chi connectivity index (χ4v) is 3.77. The topological polar surface area (TPSA) is 80.8 Å². The first-order valence-electron chi connectivity index (χ1n) is 6.07. The van der Waals surface area contributed by atoms with E-state index >= 15 is 0 Å². The number of sulfone groups is 1. The minimum Gasteiger partial charge on any atom is -0.373 e. The second-order valence-corrected chi connectivity index (χ2v) is 7.56. The van der Waals surface area contributed by atoms with E-state index < -0.39 is 9.84 Å². The Labute approximate surface area is 105 Å². The molecule has 3 fully saturated rings. The van der Waals surface area contributed by atoms with Crippen LogP contribution in [0.4, 0.5) is 0 Å². The van der Waals surface area contributed by atoms with E-state index in [2.05, 4.69) is 0 Å². The predicted molar refractivity (Wildman–Crippen MR) is 61.3 cm³/mol. The van der Waals surface area contributed by atoms with E-state index in [1.165, 1.54) is 0 Å². The maximum absolute atomic E-state index is 12.1. The van der Waals surface area contributed by atoms with E-state index in [1.807, 2.05) is 0 Å². The van der Waals surface area contributed by atoms with E-state index in [0.29, 0.717) is 0 Å². The Bertz CT molecular complexity index is 486. The summed E-state index contributed by atoms with van der Waals surface area (Å²) < 4.78 is 27.8. The molecule has 6 nitrogen and oxygen atoms in total. The normalized spacial score (nSPS) is 38.6. The van der Waals surface area contributed by atoms with Gasteiger partial charge in [0, 0.05) is 12.8 Å². The molecule has 3 aliphatic heterocycles. The molecule has 0 radical (unpaired) electrons. The van der Waals surface area contributed by atoms with Gasteiger partial charge in [0.1, 0.15) is 9.84 Å². The molecular weight excluding hydrogens is 258 g/mol. The molecule has 0 saturated carbocycles. The van der Waals surface area contributed by atoms with Crippen LogP contribution in [0, 0.1) is 11.8 Å². The van der Waals surface area contributed by atoms with Crippen LogP contribution in [0.2, 0.25) is 0 Å². The molecule has 3 saturated heterocycles. The highest BCUT2D eigenvalue weighted by molar-refractivity contribution is 7.90. The zero-order chi connectivity index (χ0) is 13.1. The maximum atomic E-state index is 12.1. The molecule has 0 N–H and O–H groups in total. The molecule has 3 rings (SSSR count). The van der Waals surface area contributed by atoms with Gasteiger partial charge in [0.25, 0.3) is 0 Å². The number of rotatable bonds is 3. The van der Waals surface area contributed by atoms with Crippen LogP contribution in [0.1, 0.15) is 12.8 Å². The summed E-state index contributed by atoms with van der Waals surface area (Å²) in [5.41, 5.74) is 0. The molecule has 0 aromatic carbocycles. The van der Waals surface area contributed by atoms with Crippen LogP contribution in [-0.2, 0) is 24.2 Å². The number of imide groups is 1. The lowest BCUT2D eigenvalue weighted by atomic mass is 9.81. The van der Waals surface area contributed by atoms with E-state index in [9.17, 15) is 18.0 Å². The largest absolute Gasteiger partial charge is 0.373 e. The first-order chi connectivity index (χ1) is 8.38. The van der Waals surface area contributed by atoms with Crippen molar-refractivity contribution >= 4 is 21.7 Å². The standard InChI is InChI=1S/C11H15NO5S/c1-18(15,16)5-4-12-10(13)8-6-2-3-7(17-6)9(8)11(12)14/h6-9H,2-5H2,1H3/t6-,7+,8-,9+. The Kier molecular flexibility index (Phi) is 2.54. The highest BCUT2D eigenvalue weighted by Gasteiger charge is 2.62. The highest BCUT2D eigenvalue weighted by Crippen LogP contribution is 2.48. The third-order valence-corrected chi connectivity index (χ3v) is 4.99. The summed E-state index contributed by atoms with van der Waals surface area (Å²) in [7, 11) is -3.17. The number of nitrogens with zero attached hydrogens (tertiary/aromatic N) is 1. The number of hydrogen-bond acceptors (Lipinski definition) is 5. The molecular formula is C11H15NO5S. The number of amides is 2. The summed E-state index contributed by atoms with van der Waals surface area (Å²) in [5.74, 6) is -1.39. The lowest BCUT2D eigenvalue weighted by Gasteiger charge is -2.16. The second kappa shape index (κ2) is 3.77. The van der Waals surface area contributed by atoms with Gasteiger partial charge in [-0.3, -0.25) is 14.5 Å². The molecule has 0 spiro atoms. The summed E-state index contributed by atoms with van der Waals surface area (Å²) in [6.07, 6.45) is 2.47. The van der Waals surface area contributed by atoms with Gasteiger partial charge in [-0.1, -0.05) is 0 Å². The van der Waals surface area contributed by atoms with Gasteiger partial charge < -0.3 is 4.74 Å². The van der Waals surface area contributed by atoms with Crippen LogP contribution in [-0.4, -0.2) is 55.9 Å². The molecule has 0 aromatic heterocycles. The second-order valence-electron chi connectivity index (χ2n) is 5.30. The average molecular weight is 273 g/mol. The minimum atomic E-state index is -3.17. The highest BCUT2D eigenvalue weighted by atomic mass is 32.2. The van der Waals surface area contributed by atoms with Crippen molar-refractivity contribution < 1.29 is 22.7 Å². The van der Waals surface area contributed by atoms with Crippen LogP contribution >= 0.6 is 0 Å². The molecule has 3 aliphatic rings. The molecule has 100 valence electrons. The van der Waals surface area contributed by atoms with Crippen molar-refractivity contribution in [2.75, 3.05) is 18.6 Å². The molecule has 2 amide bonds. The summed E-state index contributed by atoms with van der Waals surface area (Å²) in [6, 6.07) is 0. The van der Waals surface area contributed by atoms with Crippen molar-refractivity contribution in [2.24, 2.45) is 11.8 Å². The van der Waals surface area contributed by atoms with Crippen molar-refractivity contribution in [1.29, 1.82) is 0 Å². The van der Waals surface area contributed by atoms with Gasteiger partial charge in [-0.25, -0.2) is 8.42 Å². The Morgan fingerprint density at radius 1 is 1.17 bits per heavy atom. The van der Waals surface area contributed by atoms with Gasteiger partial charge >= 0.3 is 0 Å². The lowest BCUT2D eigenvalue weighted by Crippen LogP contribution is -2.37. The summed E-state index contributed by atoms with van der Waals surface area (Å²) in [4.78, 5) is 25.4. The molecule has 7 heteroatoms. The van der Waals surface area contributed by atoms with E-state index in [1.54, 1.807) is 0 Å². The van der Waals surface area contributed by atoms with Gasteiger partial charge in [0.05, 0.1) is 29.8 Å². The first-order valence-corrected chi connectivity index (χ1v) is 8.13. The monoisotopic (exact) mass is 273 g/mol. The fraction of sp³-hybridized carbons (Fsp3) is 0.818. The smallest absolute Gasteiger partial charge is 0.235 e. The summed E-state index contributed by atoms with van der Waals surface area (Å²) in [5, 5.41) is 0. The van der Waals surface area contributed by atoms with Crippen LogP contribution in [0.15, 0.2) is 0 Å². The molecule has 3 heterocycles. The Hall–Kier alpha value is -0.950. The zero-order valence-electron chi connectivity index (χ0n) is 10.0. The zero-order valence-corrected chi connectivity index (χ0v) is 10.9. The average Bonchev–Trinajstić information content (AvgIpc) is 2.90. The maximum Gasteiger partial charge on any atom is 0.235 e. The van der Waals surface area contributed by atoms with Crippen LogP contribution in [0.25, 0.3) is 0 Å². The van der Waals surface area contributed by atoms with Crippen LogP contribution < -0.4 is 0 Å². The third kappa shape index (κ3) is 1.68. The van der Waals surface area contributed by atoms with Crippen molar-refractivity contribution in [2.45, 2.75) is 25.0 Å². The predicted octanol–water partition coefficient (Wildman–Crippen LogP) is -0.807. The first kappa shape index (κ1) is 12.1. The molecule has 0 aromatic rings. The number of carbonyl (C=O) groups is 2.